The van der Waals surface area contributed by atoms with Gasteiger partial charge < -0.3 is 10.4 Å². The summed E-state index contributed by atoms with van der Waals surface area (Å²) in [6.45, 7) is 1.33. The number of nitrogens with one attached hydrogen (secondary N) is 1. The molecule has 1 atom stereocenters. The Balaban J connectivity index is 3.67. The molecule has 0 fully saturated rings. The van der Waals surface area contributed by atoms with Crippen LogP contribution < -0.4 is 5.32 Å². The lowest BCUT2D eigenvalue weighted by molar-refractivity contribution is -0.140. The molecule has 0 aliphatic heterocycles. The molecule has 0 heterocycles. The van der Waals surface area contributed by atoms with E-state index < -0.39 is 12.0 Å². The smallest absolute Gasteiger partial charge is 0.327 e. The van der Waals surface area contributed by atoms with Gasteiger partial charge in [0.2, 0.25) is 5.91 Å². The Morgan fingerprint density at radius 3 is 2.53 bits per heavy atom. The quantitative estimate of drug-likeness (QED) is 0.632. The maximum atomic E-state index is 10.7. The molecule has 0 aromatic rings. The predicted molar refractivity (Wildman–Crippen MR) is 65.6 cm³/mol. The van der Waals surface area contributed by atoms with Gasteiger partial charge >= 0.3 is 5.97 Å². The van der Waals surface area contributed by atoms with Crippen LogP contribution in [0.3, 0.4) is 0 Å². The lowest BCUT2D eigenvalue weighted by Gasteiger charge is -2.12. The number of aliphatic carboxylic acids is 1. The molecule has 0 unspecified atom stereocenters. The van der Waals surface area contributed by atoms with Crippen molar-refractivity contribution in [3.8, 4) is 0 Å². The molecule has 0 rings (SSSR count). The van der Waals surface area contributed by atoms with Gasteiger partial charge in [0, 0.05) is 12.7 Å². The zero-order chi connectivity index (χ0) is 11.7. The fourth-order valence-electron chi connectivity index (χ4n) is 0.927. The number of hydrogen-bond donors (Lipinski definition) is 2. The Hall–Kier alpha value is -0.360. The van der Waals surface area contributed by atoms with Crippen LogP contribution in [0.1, 0.15) is 13.3 Å². The average Bonchev–Trinajstić information content (AvgIpc) is 2.15. The highest BCUT2D eigenvalue weighted by Gasteiger charge is 2.17. The van der Waals surface area contributed by atoms with Gasteiger partial charge in [-0.1, -0.05) is 0 Å². The number of carboxylic acid groups (broad SMARTS) is 1. The number of carboxylic acids is 1. The van der Waals surface area contributed by atoms with Crippen molar-refractivity contribution < 1.29 is 14.7 Å². The normalized spacial score (nSPS) is 12.1. The molecule has 88 valence electrons. The summed E-state index contributed by atoms with van der Waals surface area (Å²) in [6.07, 6.45) is 3.11. The van der Waals surface area contributed by atoms with Crippen LogP contribution in [0.5, 0.6) is 0 Å². The first-order chi connectivity index (χ1) is 7.07. The van der Waals surface area contributed by atoms with Crippen LogP contribution in [-0.2, 0) is 9.59 Å². The summed E-state index contributed by atoms with van der Waals surface area (Å²) in [5.41, 5.74) is 0. The predicted octanol–water partition coefficient (Wildman–Crippen LogP) is 1.06. The summed E-state index contributed by atoms with van der Waals surface area (Å²) in [5.74, 6) is 1.19. The zero-order valence-electron chi connectivity index (χ0n) is 8.99. The van der Waals surface area contributed by atoms with Gasteiger partial charge in [0.1, 0.15) is 6.04 Å². The van der Waals surface area contributed by atoms with Gasteiger partial charge in [-0.2, -0.15) is 23.5 Å². The molecule has 0 radical (unpaired) electrons. The third-order valence-corrected chi connectivity index (χ3v) is 3.44. The molecule has 6 heteroatoms. The van der Waals surface area contributed by atoms with E-state index in [-0.39, 0.29) is 5.91 Å². The Labute approximate surface area is 98.6 Å². The summed E-state index contributed by atoms with van der Waals surface area (Å²) < 4.78 is 0. The fourth-order valence-corrected chi connectivity index (χ4v) is 2.52. The van der Waals surface area contributed by atoms with Crippen molar-refractivity contribution in [2.75, 3.05) is 23.5 Å². The third kappa shape index (κ3) is 8.62. The topological polar surface area (TPSA) is 66.4 Å². The first-order valence-electron chi connectivity index (χ1n) is 4.64. The molecule has 1 amide bonds. The van der Waals surface area contributed by atoms with Gasteiger partial charge in [-0.15, -0.1) is 0 Å². The highest BCUT2D eigenvalue weighted by Crippen LogP contribution is 2.07. The Morgan fingerprint density at radius 1 is 1.40 bits per heavy atom. The van der Waals surface area contributed by atoms with Crippen LogP contribution in [0.4, 0.5) is 0 Å². The third-order valence-electron chi connectivity index (χ3n) is 1.60. The van der Waals surface area contributed by atoms with Crippen molar-refractivity contribution in [1.82, 2.24) is 5.32 Å². The van der Waals surface area contributed by atoms with Crippen LogP contribution in [-0.4, -0.2) is 46.5 Å². The lowest BCUT2D eigenvalue weighted by atomic mass is 10.3. The standard InChI is InChI=1S/C9H17NO3S2/c1-7(11)10-8(9(12)13)6-15-5-3-4-14-2/h8H,3-6H2,1-2H3,(H,10,11)(H,12,13)/t8-/m0/s1. The summed E-state index contributed by atoms with van der Waals surface area (Å²) in [7, 11) is 0. The SMILES string of the molecule is CSCCCSC[C@H](NC(C)=O)C(=O)O. The van der Waals surface area contributed by atoms with E-state index in [4.69, 9.17) is 5.11 Å². The highest BCUT2D eigenvalue weighted by molar-refractivity contribution is 7.99. The van der Waals surface area contributed by atoms with Crippen molar-refractivity contribution >= 4 is 35.4 Å². The van der Waals surface area contributed by atoms with E-state index in [1.807, 2.05) is 6.26 Å². The Bertz CT molecular complexity index is 212. The first kappa shape index (κ1) is 14.6. The molecule has 2 N–H and O–H groups in total. The second-order valence-corrected chi connectivity index (χ2v) is 5.15. The first-order valence-corrected chi connectivity index (χ1v) is 7.19. The minimum absolute atomic E-state index is 0.299. The van der Waals surface area contributed by atoms with E-state index >= 15 is 0 Å². The minimum atomic E-state index is -0.970. The monoisotopic (exact) mass is 251 g/mol. The number of carbonyl (C=O) groups excluding carboxylic acids is 1. The molecule has 0 aliphatic carbocycles. The highest BCUT2D eigenvalue weighted by atomic mass is 32.2. The minimum Gasteiger partial charge on any atom is -0.480 e. The van der Waals surface area contributed by atoms with Gasteiger partial charge in [-0.3, -0.25) is 4.79 Å². The number of thioether (sulfide) groups is 2. The maximum Gasteiger partial charge on any atom is 0.327 e. The zero-order valence-corrected chi connectivity index (χ0v) is 10.6. The molecule has 0 spiro atoms. The van der Waals surface area contributed by atoms with Crippen LogP contribution >= 0.6 is 23.5 Å². The van der Waals surface area contributed by atoms with Gasteiger partial charge in [0.15, 0.2) is 0 Å². The number of carbonyl (C=O) groups is 2. The van der Waals surface area contributed by atoms with Crippen LogP contribution in [0.25, 0.3) is 0 Å². The molecule has 0 aromatic carbocycles. The van der Waals surface area contributed by atoms with Crippen molar-refractivity contribution in [2.24, 2.45) is 0 Å². The van der Waals surface area contributed by atoms with E-state index in [0.717, 1.165) is 17.9 Å². The molecule has 0 bridgehead atoms. The molecule has 0 aromatic heterocycles. The van der Waals surface area contributed by atoms with Crippen LogP contribution in [0.15, 0.2) is 0 Å². The second-order valence-electron chi connectivity index (χ2n) is 3.01. The molecule has 0 saturated carbocycles. The van der Waals surface area contributed by atoms with E-state index in [1.54, 1.807) is 23.5 Å². The largest absolute Gasteiger partial charge is 0.480 e. The number of amides is 1. The average molecular weight is 251 g/mol. The van der Waals surface area contributed by atoms with Crippen molar-refractivity contribution in [2.45, 2.75) is 19.4 Å². The lowest BCUT2D eigenvalue weighted by Crippen LogP contribution is -2.41. The van der Waals surface area contributed by atoms with E-state index in [2.05, 4.69) is 5.32 Å². The summed E-state index contributed by atoms with van der Waals surface area (Å²) in [4.78, 5) is 21.4. The van der Waals surface area contributed by atoms with E-state index in [1.165, 1.54) is 6.92 Å². The van der Waals surface area contributed by atoms with Gasteiger partial charge in [-0.05, 0) is 24.2 Å². The molecule has 4 nitrogen and oxygen atoms in total. The van der Waals surface area contributed by atoms with Crippen LogP contribution in [0.2, 0.25) is 0 Å². The van der Waals surface area contributed by atoms with Gasteiger partial charge in [-0.25, -0.2) is 4.79 Å². The maximum absolute atomic E-state index is 10.7. The molecule has 0 saturated heterocycles. The summed E-state index contributed by atoms with van der Waals surface area (Å²) in [6, 6.07) is -0.762. The van der Waals surface area contributed by atoms with Gasteiger partial charge in [0.25, 0.3) is 0 Å². The van der Waals surface area contributed by atoms with E-state index in [9.17, 15) is 9.59 Å². The van der Waals surface area contributed by atoms with Crippen molar-refractivity contribution in [3.63, 3.8) is 0 Å². The Kier molecular flexibility index (Phi) is 8.70. The van der Waals surface area contributed by atoms with Crippen molar-refractivity contribution in [1.29, 1.82) is 0 Å². The summed E-state index contributed by atoms with van der Waals surface area (Å²) in [5, 5.41) is 11.2. The molecular formula is C9H17NO3S2. The second kappa shape index (κ2) is 8.91. The van der Waals surface area contributed by atoms with Crippen LogP contribution in [0, 0.1) is 0 Å². The fraction of sp³-hybridized carbons (Fsp3) is 0.778. The van der Waals surface area contributed by atoms with E-state index in [0.29, 0.717) is 5.75 Å². The van der Waals surface area contributed by atoms with Crippen molar-refractivity contribution in [3.05, 3.63) is 0 Å². The molecule has 15 heavy (non-hydrogen) atoms. The summed E-state index contributed by atoms with van der Waals surface area (Å²) >= 11 is 3.34. The van der Waals surface area contributed by atoms with Gasteiger partial charge in [0.05, 0.1) is 0 Å². The molecular weight excluding hydrogens is 234 g/mol. The molecule has 0 aliphatic rings. The number of hydrogen-bond acceptors (Lipinski definition) is 4. The Morgan fingerprint density at radius 2 is 2.07 bits per heavy atom. The number of rotatable bonds is 8.